The molecule has 4 heterocycles. The first-order chi connectivity index (χ1) is 12.6. The lowest BCUT2D eigenvalue weighted by molar-refractivity contribution is 0.604. The molecule has 3 N–H and O–H groups in total. The molecular weight excluding hydrogens is 339 g/mol. The summed E-state index contributed by atoms with van der Waals surface area (Å²) in [6, 6.07) is -0.321. The lowest BCUT2D eigenvalue weighted by Crippen LogP contribution is -2.13. The molecule has 11 heteroatoms. The van der Waals surface area contributed by atoms with E-state index in [0.29, 0.717) is 29.1 Å². The molecule has 10 nitrogen and oxygen atoms in total. The Morgan fingerprint density at radius 1 is 1.15 bits per heavy atom. The summed E-state index contributed by atoms with van der Waals surface area (Å²) in [6.07, 6.45) is 7.39. The second kappa shape index (κ2) is 6.35. The molecule has 4 aromatic rings. The van der Waals surface area contributed by atoms with Gasteiger partial charge in [-0.05, 0) is 6.92 Å². The zero-order chi connectivity index (χ0) is 18.1. The summed E-state index contributed by atoms with van der Waals surface area (Å²) in [5.74, 6) is 1.49. The molecule has 0 radical (unpaired) electrons. The summed E-state index contributed by atoms with van der Waals surface area (Å²) in [5.41, 5.74) is 0.563. The molecule has 4 aromatic heterocycles. The number of aromatic amines is 1. The molecule has 0 fully saturated rings. The van der Waals surface area contributed by atoms with Crippen LogP contribution in [0.5, 0.6) is 0 Å². The van der Waals surface area contributed by atoms with Crippen molar-refractivity contribution in [3.05, 3.63) is 42.8 Å². The average molecular weight is 354 g/mol. The van der Waals surface area contributed by atoms with Gasteiger partial charge in [-0.1, -0.05) is 0 Å². The third kappa shape index (κ3) is 3.14. The molecule has 26 heavy (non-hydrogen) atoms. The van der Waals surface area contributed by atoms with Crippen molar-refractivity contribution in [2.24, 2.45) is 7.05 Å². The van der Waals surface area contributed by atoms with Gasteiger partial charge in [-0.3, -0.25) is 5.10 Å². The van der Waals surface area contributed by atoms with E-state index in [1.165, 1.54) is 0 Å². The minimum atomic E-state index is -0.488. The Hall–Kier alpha value is -3.63. The third-order valence-corrected chi connectivity index (χ3v) is 3.63. The number of hydrogen-bond acceptors (Lipinski definition) is 8. The smallest absolute Gasteiger partial charge is 0.227 e. The predicted octanol–water partition coefficient (Wildman–Crippen LogP) is 1.93. The van der Waals surface area contributed by atoms with Gasteiger partial charge in [0.25, 0.3) is 0 Å². The monoisotopic (exact) mass is 354 g/mol. The van der Waals surface area contributed by atoms with Gasteiger partial charge in [-0.15, -0.1) is 0 Å². The van der Waals surface area contributed by atoms with E-state index in [2.05, 4.69) is 45.8 Å². The summed E-state index contributed by atoms with van der Waals surface area (Å²) in [6.45, 7) is 1.83. The van der Waals surface area contributed by atoms with Gasteiger partial charge in [-0.25, -0.2) is 19.3 Å². The molecule has 132 valence electrons. The first-order valence-corrected chi connectivity index (χ1v) is 7.78. The molecule has 0 bridgehead atoms. The first-order valence-electron chi connectivity index (χ1n) is 7.78. The number of anilines is 3. The fraction of sp³-hybridized carbons (Fsp3) is 0.200. The van der Waals surface area contributed by atoms with E-state index in [1.54, 1.807) is 12.5 Å². The van der Waals surface area contributed by atoms with Gasteiger partial charge in [-0.2, -0.15) is 15.1 Å². The molecule has 0 aliphatic rings. The van der Waals surface area contributed by atoms with E-state index >= 15 is 0 Å². The number of H-pyrrole nitrogens is 1. The molecule has 0 saturated carbocycles. The van der Waals surface area contributed by atoms with Gasteiger partial charge < -0.3 is 15.2 Å². The van der Waals surface area contributed by atoms with Crippen LogP contribution in [0.2, 0.25) is 0 Å². The standard InChI is InChI=1S/C15H15FN10/c1-8(12-17-3-9(16)4-18-12)21-15-23-13(10-5-20-25-14(10)24-15)22-11-6-26(2)7-19-11/h3-8H,1-2H3,(H3,20,21,22,23,24,25)/t8-/m0/s1. The highest BCUT2D eigenvalue weighted by Crippen LogP contribution is 2.24. The van der Waals surface area contributed by atoms with Crippen molar-refractivity contribution in [1.82, 2.24) is 39.7 Å². The molecule has 0 spiro atoms. The minimum absolute atomic E-state index is 0.321. The fourth-order valence-corrected chi connectivity index (χ4v) is 2.40. The van der Waals surface area contributed by atoms with Crippen molar-refractivity contribution in [3.63, 3.8) is 0 Å². The van der Waals surface area contributed by atoms with Crippen LogP contribution in [0.25, 0.3) is 11.0 Å². The molecule has 0 amide bonds. The van der Waals surface area contributed by atoms with E-state index in [-0.39, 0.29) is 6.04 Å². The summed E-state index contributed by atoms with van der Waals surface area (Å²) in [7, 11) is 1.88. The Morgan fingerprint density at radius 3 is 2.69 bits per heavy atom. The maximum atomic E-state index is 13.0. The topological polar surface area (TPSA) is 122 Å². The van der Waals surface area contributed by atoms with E-state index < -0.39 is 5.82 Å². The highest BCUT2D eigenvalue weighted by atomic mass is 19.1. The fourth-order valence-electron chi connectivity index (χ4n) is 2.40. The largest absolute Gasteiger partial charge is 0.344 e. The van der Waals surface area contributed by atoms with Crippen LogP contribution in [0.3, 0.4) is 0 Å². The van der Waals surface area contributed by atoms with Crippen LogP contribution in [0.1, 0.15) is 18.8 Å². The molecule has 0 aliphatic carbocycles. The number of nitrogens with zero attached hydrogens (tertiary/aromatic N) is 7. The van der Waals surface area contributed by atoms with Gasteiger partial charge in [0.2, 0.25) is 5.95 Å². The van der Waals surface area contributed by atoms with E-state index in [9.17, 15) is 4.39 Å². The van der Waals surface area contributed by atoms with Crippen LogP contribution in [0, 0.1) is 5.82 Å². The van der Waals surface area contributed by atoms with Crippen molar-refractivity contribution in [3.8, 4) is 0 Å². The van der Waals surface area contributed by atoms with Crippen molar-refractivity contribution < 1.29 is 4.39 Å². The quantitative estimate of drug-likeness (QED) is 0.497. The number of imidazole rings is 1. The molecular formula is C15H15FN10. The van der Waals surface area contributed by atoms with E-state index in [4.69, 9.17) is 0 Å². The van der Waals surface area contributed by atoms with Gasteiger partial charge in [0, 0.05) is 13.2 Å². The Morgan fingerprint density at radius 2 is 1.96 bits per heavy atom. The summed E-state index contributed by atoms with van der Waals surface area (Å²) in [5, 5.41) is 13.8. The van der Waals surface area contributed by atoms with Crippen LogP contribution in [-0.2, 0) is 7.05 Å². The number of hydrogen-bond donors (Lipinski definition) is 3. The van der Waals surface area contributed by atoms with Crippen molar-refractivity contribution >= 4 is 28.6 Å². The van der Waals surface area contributed by atoms with Crippen LogP contribution in [0.15, 0.2) is 31.1 Å². The van der Waals surface area contributed by atoms with Crippen molar-refractivity contribution in [2.45, 2.75) is 13.0 Å². The Kier molecular flexibility index (Phi) is 3.88. The average Bonchev–Trinajstić information content (AvgIpc) is 3.24. The van der Waals surface area contributed by atoms with Gasteiger partial charge >= 0.3 is 0 Å². The van der Waals surface area contributed by atoms with Crippen LogP contribution in [0.4, 0.5) is 22.0 Å². The Bertz CT molecular complexity index is 1040. The lowest BCUT2D eigenvalue weighted by Gasteiger charge is -2.13. The maximum Gasteiger partial charge on any atom is 0.227 e. The number of nitrogens with one attached hydrogen (secondary N) is 3. The molecule has 0 unspecified atom stereocenters. The minimum Gasteiger partial charge on any atom is -0.344 e. The predicted molar refractivity (Wildman–Crippen MR) is 92.2 cm³/mol. The number of aryl methyl sites for hydroxylation is 1. The number of rotatable bonds is 5. The number of aromatic nitrogens is 8. The number of fused-ring (bicyclic) bond motifs is 1. The molecule has 0 aromatic carbocycles. The van der Waals surface area contributed by atoms with Crippen LogP contribution >= 0.6 is 0 Å². The molecule has 0 saturated heterocycles. The van der Waals surface area contributed by atoms with E-state index in [1.807, 2.05) is 24.7 Å². The van der Waals surface area contributed by atoms with Crippen LogP contribution < -0.4 is 10.6 Å². The Balaban J connectivity index is 1.63. The maximum absolute atomic E-state index is 13.0. The number of halogens is 1. The lowest BCUT2D eigenvalue weighted by atomic mass is 10.3. The molecule has 0 aliphatic heterocycles. The zero-order valence-electron chi connectivity index (χ0n) is 14.0. The van der Waals surface area contributed by atoms with Crippen molar-refractivity contribution in [2.75, 3.05) is 10.6 Å². The second-order valence-electron chi connectivity index (χ2n) is 5.70. The summed E-state index contributed by atoms with van der Waals surface area (Å²) in [4.78, 5) is 21.0. The van der Waals surface area contributed by atoms with E-state index in [0.717, 1.165) is 17.8 Å². The molecule has 1 atom stereocenters. The second-order valence-corrected chi connectivity index (χ2v) is 5.70. The van der Waals surface area contributed by atoms with Gasteiger partial charge in [0.15, 0.2) is 11.5 Å². The SMILES string of the molecule is C[C@H](Nc1nc(Nc2cn(C)cn2)c2cn[nH]c2n1)c1ncc(F)cn1. The summed E-state index contributed by atoms with van der Waals surface area (Å²) < 4.78 is 14.8. The molecule has 4 rings (SSSR count). The normalized spacial score (nSPS) is 12.3. The van der Waals surface area contributed by atoms with Crippen molar-refractivity contribution in [1.29, 1.82) is 0 Å². The third-order valence-electron chi connectivity index (χ3n) is 3.63. The highest BCUT2D eigenvalue weighted by Gasteiger charge is 2.14. The van der Waals surface area contributed by atoms with Gasteiger partial charge in [0.1, 0.15) is 17.5 Å². The highest BCUT2D eigenvalue weighted by molar-refractivity contribution is 5.88. The Labute approximate surface area is 147 Å². The van der Waals surface area contributed by atoms with Crippen LogP contribution in [-0.4, -0.2) is 39.7 Å². The summed E-state index contributed by atoms with van der Waals surface area (Å²) >= 11 is 0. The zero-order valence-corrected chi connectivity index (χ0v) is 14.0. The first kappa shape index (κ1) is 15.9. The van der Waals surface area contributed by atoms with Gasteiger partial charge in [0.05, 0.1) is 36.3 Å².